The summed E-state index contributed by atoms with van der Waals surface area (Å²) < 4.78 is 4.70. The number of benzene rings is 1. The minimum Gasteiger partial charge on any atom is -0.465 e. The van der Waals surface area contributed by atoms with Gasteiger partial charge in [-0.05, 0) is 36.6 Å². The van der Waals surface area contributed by atoms with E-state index in [2.05, 4.69) is 5.32 Å². The molecule has 1 aliphatic rings. The lowest BCUT2D eigenvalue weighted by molar-refractivity contribution is -0.116. The van der Waals surface area contributed by atoms with E-state index < -0.39 is 0 Å². The number of nitrogens with one attached hydrogen (secondary N) is 1. The zero-order valence-corrected chi connectivity index (χ0v) is 9.29. The lowest BCUT2D eigenvalue weighted by atomic mass is 9.97. The maximum atomic E-state index is 11.5. The highest BCUT2D eigenvalue weighted by molar-refractivity contribution is 5.97. The lowest BCUT2D eigenvalue weighted by Crippen LogP contribution is -2.20. The van der Waals surface area contributed by atoms with Gasteiger partial charge in [0.25, 0.3) is 0 Å². The van der Waals surface area contributed by atoms with Crippen LogP contribution in [0.5, 0.6) is 0 Å². The molecule has 1 aliphatic heterocycles. The monoisotopic (exact) mass is 219 g/mol. The normalized spacial score (nSPS) is 14.0. The molecular formula is C12H13NO3. The van der Waals surface area contributed by atoms with Crippen molar-refractivity contribution >= 4 is 17.6 Å². The molecule has 0 fully saturated rings. The fraction of sp³-hybridized carbons (Fsp3) is 0.333. The topological polar surface area (TPSA) is 55.4 Å². The number of carbonyl (C=O) groups is 2. The van der Waals surface area contributed by atoms with E-state index in [4.69, 9.17) is 4.74 Å². The molecule has 2 rings (SSSR count). The summed E-state index contributed by atoms with van der Waals surface area (Å²) in [7, 11) is 1.36. The van der Waals surface area contributed by atoms with E-state index in [-0.39, 0.29) is 11.9 Å². The van der Waals surface area contributed by atoms with E-state index in [1.54, 1.807) is 6.07 Å². The molecule has 0 unspecified atom stereocenters. The van der Waals surface area contributed by atoms with Gasteiger partial charge in [-0.2, -0.15) is 0 Å². The van der Waals surface area contributed by atoms with Crippen molar-refractivity contribution < 1.29 is 14.3 Å². The molecule has 0 aliphatic carbocycles. The number of methoxy groups -OCH3 is 1. The third kappa shape index (κ3) is 1.78. The van der Waals surface area contributed by atoms with Crippen LogP contribution in [-0.2, 0) is 16.0 Å². The molecule has 16 heavy (non-hydrogen) atoms. The summed E-state index contributed by atoms with van der Waals surface area (Å²) in [5.74, 6) is -0.310. The summed E-state index contributed by atoms with van der Waals surface area (Å²) in [6, 6.07) is 3.62. The first kappa shape index (κ1) is 10.7. The Balaban J connectivity index is 2.45. The van der Waals surface area contributed by atoms with E-state index in [0.717, 1.165) is 16.8 Å². The second-order valence-electron chi connectivity index (χ2n) is 3.86. The summed E-state index contributed by atoms with van der Waals surface area (Å²) >= 11 is 0. The molecule has 4 nitrogen and oxygen atoms in total. The maximum absolute atomic E-state index is 11.5. The van der Waals surface area contributed by atoms with Crippen LogP contribution in [0.2, 0.25) is 0 Å². The van der Waals surface area contributed by atoms with Crippen molar-refractivity contribution in [1.29, 1.82) is 0 Å². The fourth-order valence-corrected chi connectivity index (χ4v) is 1.87. The van der Waals surface area contributed by atoms with Crippen LogP contribution < -0.4 is 5.32 Å². The number of hydrogen-bond acceptors (Lipinski definition) is 3. The summed E-state index contributed by atoms with van der Waals surface area (Å²) in [6.45, 7) is 1.83. The van der Waals surface area contributed by atoms with Gasteiger partial charge in [-0.1, -0.05) is 0 Å². The molecule has 0 bridgehead atoms. The number of carbonyl (C=O) groups excluding carboxylic acids is 2. The molecule has 1 aromatic carbocycles. The Morgan fingerprint density at radius 3 is 2.81 bits per heavy atom. The zero-order valence-electron chi connectivity index (χ0n) is 9.29. The predicted molar refractivity (Wildman–Crippen MR) is 59.5 cm³/mol. The Kier molecular flexibility index (Phi) is 2.64. The molecule has 4 heteroatoms. The average molecular weight is 219 g/mol. The Hall–Kier alpha value is -1.84. The number of anilines is 1. The van der Waals surface area contributed by atoms with Crippen LogP contribution >= 0.6 is 0 Å². The van der Waals surface area contributed by atoms with Crippen molar-refractivity contribution in [2.45, 2.75) is 19.8 Å². The summed E-state index contributed by atoms with van der Waals surface area (Å²) in [5, 5.41) is 2.79. The molecule has 84 valence electrons. The van der Waals surface area contributed by atoms with E-state index in [1.165, 1.54) is 7.11 Å². The Morgan fingerprint density at radius 1 is 1.38 bits per heavy atom. The first-order chi connectivity index (χ1) is 7.61. The fourth-order valence-electron chi connectivity index (χ4n) is 1.87. The lowest BCUT2D eigenvalue weighted by Gasteiger charge is -2.18. The van der Waals surface area contributed by atoms with Crippen molar-refractivity contribution in [1.82, 2.24) is 0 Å². The maximum Gasteiger partial charge on any atom is 0.338 e. The van der Waals surface area contributed by atoms with E-state index >= 15 is 0 Å². The minimum atomic E-state index is -0.336. The van der Waals surface area contributed by atoms with Gasteiger partial charge in [0.15, 0.2) is 0 Å². The quantitative estimate of drug-likeness (QED) is 0.731. The molecule has 1 amide bonds. The van der Waals surface area contributed by atoms with Gasteiger partial charge in [0.05, 0.1) is 12.7 Å². The second-order valence-corrected chi connectivity index (χ2v) is 3.86. The molecular weight excluding hydrogens is 206 g/mol. The van der Waals surface area contributed by atoms with Crippen molar-refractivity contribution in [3.63, 3.8) is 0 Å². The highest BCUT2D eigenvalue weighted by Crippen LogP contribution is 2.26. The molecule has 0 saturated heterocycles. The first-order valence-corrected chi connectivity index (χ1v) is 5.13. The van der Waals surface area contributed by atoms with Gasteiger partial charge in [0.2, 0.25) is 5.91 Å². The van der Waals surface area contributed by atoms with Gasteiger partial charge in [-0.25, -0.2) is 4.79 Å². The number of rotatable bonds is 1. The van der Waals surface area contributed by atoms with E-state index in [9.17, 15) is 9.59 Å². The van der Waals surface area contributed by atoms with Gasteiger partial charge in [-0.15, -0.1) is 0 Å². The van der Waals surface area contributed by atoms with Crippen LogP contribution in [0, 0.1) is 6.92 Å². The second kappa shape index (κ2) is 3.96. The number of hydrogen-bond donors (Lipinski definition) is 1. The highest BCUT2D eigenvalue weighted by atomic mass is 16.5. The van der Waals surface area contributed by atoms with Gasteiger partial charge in [0.1, 0.15) is 0 Å². The van der Waals surface area contributed by atoms with Crippen LogP contribution in [-0.4, -0.2) is 19.0 Å². The number of fused-ring (bicyclic) bond motifs is 1. The molecule has 1 aromatic rings. The Labute approximate surface area is 93.6 Å². The largest absolute Gasteiger partial charge is 0.465 e. The molecule has 0 saturated carbocycles. The van der Waals surface area contributed by atoms with Crippen LogP contribution in [0.25, 0.3) is 0 Å². The van der Waals surface area contributed by atoms with E-state index in [0.29, 0.717) is 18.4 Å². The highest BCUT2D eigenvalue weighted by Gasteiger charge is 2.18. The van der Waals surface area contributed by atoms with E-state index in [1.807, 2.05) is 13.0 Å². The molecule has 1 heterocycles. The molecule has 1 N–H and O–H groups in total. The predicted octanol–water partition coefficient (Wildman–Crippen LogP) is 1.67. The summed E-state index contributed by atoms with van der Waals surface area (Å²) in [6.07, 6.45) is 1.14. The third-order valence-corrected chi connectivity index (χ3v) is 2.75. The van der Waals surface area contributed by atoms with Crippen LogP contribution in [0.4, 0.5) is 5.69 Å². The number of ether oxygens (including phenoxy) is 1. The van der Waals surface area contributed by atoms with Crippen LogP contribution in [0.3, 0.4) is 0 Å². The number of aryl methyl sites for hydroxylation is 2. The van der Waals surface area contributed by atoms with Crippen LogP contribution in [0.15, 0.2) is 12.1 Å². The average Bonchev–Trinajstić information content (AvgIpc) is 2.27. The van der Waals surface area contributed by atoms with Crippen LogP contribution in [0.1, 0.15) is 27.9 Å². The first-order valence-electron chi connectivity index (χ1n) is 5.13. The van der Waals surface area contributed by atoms with Gasteiger partial charge in [0, 0.05) is 12.1 Å². The van der Waals surface area contributed by atoms with Crippen molar-refractivity contribution in [2.75, 3.05) is 12.4 Å². The number of amides is 1. The Morgan fingerprint density at radius 2 is 2.12 bits per heavy atom. The van der Waals surface area contributed by atoms with Crippen molar-refractivity contribution in [3.8, 4) is 0 Å². The summed E-state index contributed by atoms with van der Waals surface area (Å²) in [4.78, 5) is 22.7. The molecule has 0 radical (unpaired) electrons. The third-order valence-electron chi connectivity index (χ3n) is 2.75. The smallest absolute Gasteiger partial charge is 0.338 e. The summed E-state index contributed by atoms with van der Waals surface area (Å²) in [5.41, 5.74) is 3.18. The van der Waals surface area contributed by atoms with Crippen molar-refractivity contribution in [2.24, 2.45) is 0 Å². The van der Waals surface area contributed by atoms with Gasteiger partial charge < -0.3 is 10.1 Å². The van der Waals surface area contributed by atoms with Crippen molar-refractivity contribution in [3.05, 3.63) is 28.8 Å². The Bertz CT molecular complexity index is 466. The number of esters is 1. The molecule has 0 aromatic heterocycles. The molecule has 0 spiro atoms. The SMILES string of the molecule is COC(=O)c1cc2c(cc1C)NC(=O)CC2. The zero-order chi connectivity index (χ0) is 11.7. The van der Waals surface area contributed by atoms with Gasteiger partial charge in [-0.3, -0.25) is 4.79 Å². The minimum absolute atomic E-state index is 0.0257. The van der Waals surface area contributed by atoms with Gasteiger partial charge >= 0.3 is 5.97 Å². The molecule has 0 atom stereocenters. The standard InChI is InChI=1S/C12H13NO3/c1-7-5-10-8(3-4-11(14)13-10)6-9(7)12(15)16-2/h5-6H,3-4H2,1-2H3,(H,13,14).